The number of nitrogen functional groups attached to an aromatic ring is 1. The zero-order chi connectivity index (χ0) is 15.9. The van der Waals surface area contributed by atoms with Gasteiger partial charge in [0.1, 0.15) is 11.4 Å². The van der Waals surface area contributed by atoms with E-state index in [1.54, 1.807) is 50.2 Å². The number of carbonyl (C=O) groups is 1. The van der Waals surface area contributed by atoms with Crippen LogP contribution in [-0.2, 0) is 4.79 Å². The smallest absolute Gasteiger partial charge is 0.251 e. The number of hydrogen-bond donors (Lipinski definition) is 2. The Balaban J connectivity index is 2.32. The minimum Gasteiger partial charge on any atom is -0.399 e. The van der Waals surface area contributed by atoms with Gasteiger partial charge in [-0.05, 0) is 44.2 Å². The van der Waals surface area contributed by atoms with E-state index >= 15 is 0 Å². The molecule has 1 aliphatic heterocycles. The standard InChI is InChI=1S/C17H16FN3O/c1-17(2)16(22)20-14-8-7-10(19)9-12(14)15(21-17)11-5-3-4-6-13(11)18/h3-9H,19H2,1-2H3,(H,20,22). The Morgan fingerprint density at radius 1 is 1.14 bits per heavy atom. The van der Waals surface area contributed by atoms with Crippen LogP contribution in [0.2, 0.25) is 0 Å². The normalized spacial score (nSPS) is 16.3. The van der Waals surface area contributed by atoms with Crippen LogP contribution in [0, 0.1) is 5.82 Å². The lowest BCUT2D eigenvalue weighted by Crippen LogP contribution is -2.34. The van der Waals surface area contributed by atoms with Crippen molar-refractivity contribution in [3.05, 3.63) is 59.4 Å². The summed E-state index contributed by atoms with van der Waals surface area (Å²) in [5.41, 5.74) is 7.33. The van der Waals surface area contributed by atoms with E-state index in [2.05, 4.69) is 10.3 Å². The Labute approximate surface area is 127 Å². The molecule has 0 spiro atoms. The Kier molecular flexibility index (Phi) is 3.20. The number of benzene rings is 2. The number of nitrogens with one attached hydrogen (secondary N) is 1. The van der Waals surface area contributed by atoms with Crippen molar-refractivity contribution in [1.82, 2.24) is 0 Å². The fraction of sp³-hybridized carbons (Fsp3) is 0.176. The highest BCUT2D eigenvalue weighted by Gasteiger charge is 2.32. The van der Waals surface area contributed by atoms with Crippen molar-refractivity contribution >= 4 is 23.0 Å². The van der Waals surface area contributed by atoms with Crippen LogP contribution in [0.5, 0.6) is 0 Å². The van der Waals surface area contributed by atoms with Crippen LogP contribution >= 0.6 is 0 Å². The molecule has 0 aromatic heterocycles. The van der Waals surface area contributed by atoms with E-state index in [1.807, 2.05) is 0 Å². The predicted octanol–water partition coefficient (Wildman–Crippen LogP) is 2.98. The second kappa shape index (κ2) is 4.94. The van der Waals surface area contributed by atoms with E-state index in [1.165, 1.54) is 6.07 Å². The summed E-state index contributed by atoms with van der Waals surface area (Å²) < 4.78 is 14.2. The van der Waals surface area contributed by atoms with Gasteiger partial charge in [-0.1, -0.05) is 12.1 Å². The highest BCUT2D eigenvalue weighted by molar-refractivity contribution is 6.20. The topological polar surface area (TPSA) is 67.5 Å². The van der Waals surface area contributed by atoms with Crippen LogP contribution in [0.15, 0.2) is 47.5 Å². The first-order valence-corrected chi connectivity index (χ1v) is 6.94. The summed E-state index contributed by atoms with van der Waals surface area (Å²) in [5.74, 6) is -0.635. The van der Waals surface area contributed by atoms with Gasteiger partial charge in [-0.2, -0.15) is 0 Å². The molecule has 0 saturated heterocycles. The van der Waals surface area contributed by atoms with Gasteiger partial charge in [-0.25, -0.2) is 4.39 Å². The minimum atomic E-state index is -1.01. The van der Waals surface area contributed by atoms with Crippen molar-refractivity contribution in [2.45, 2.75) is 19.4 Å². The number of nitrogens with two attached hydrogens (primary N) is 1. The van der Waals surface area contributed by atoms with Gasteiger partial charge in [0.15, 0.2) is 0 Å². The van der Waals surface area contributed by atoms with Crippen LogP contribution < -0.4 is 11.1 Å². The van der Waals surface area contributed by atoms with Crippen molar-refractivity contribution in [3.63, 3.8) is 0 Å². The summed E-state index contributed by atoms with van der Waals surface area (Å²) in [7, 11) is 0. The molecule has 0 bridgehead atoms. The maximum absolute atomic E-state index is 14.2. The summed E-state index contributed by atoms with van der Waals surface area (Å²) in [5, 5.41) is 2.83. The first-order chi connectivity index (χ1) is 10.4. The molecule has 2 aromatic rings. The third kappa shape index (κ3) is 2.35. The Bertz CT molecular complexity index is 796. The molecule has 0 aliphatic carbocycles. The third-order valence-electron chi connectivity index (χ3n) is 3.62. The van der Waals surface area contributed by atoms with Gasteiger partial charge in [0.05, 0.1) is 11.4 Å². The largest absolute Gasteiger partial charge is 0.399 e. The number of aliphatic imine (C=N–C) groups is 1. The molecule has 4 nitrogen and oxygen atoms in total. The Morgan fingerprint density at radius 3 is 2.59 bits per heavy atom. The quantitative estimate of drug-likeness (QED) is 0.795. The maximum Gasteiger partial charge on any atom is 0.251 e. The molecule has 112 valence electrons. The van der Waals surface area contributed by atoms with Gasteiger partial charge in [0.25, 0.3) is 5.91 Å². The van der Waals surface area contributed by atoms with Crippen molar-refractivity contribution in [2.75, 3.05) is 11.1 Å². The molecule has 1 amide bonds. The van der Waals surface area contributed by atoms with E-state index in [0.717, 1.165) is 0 Å². The second-order valence-electron chi connectivity index (χ2n) is 5.76. The number of halogens is 1. The average molecular weight is 297 g/mol. The van der Waals surface area contributed by atoms with Crippen LogP contribution in [0.3, 0.4) is 0 Å². The van der Waals surface area contributed by atoms with Crippen LogP contribution in [-0.4, -0.2) is 17.2 Å². The van der Waals surface area contributed by atoms with Crippen molar-refractivity contribution in [1.29, 1.82) is 0 Å². The zero-order valence-corrected chi connectivity index (χ0v) is 12.4. The monoisotopic (exact) mass is 297 g/mol. The lowest BCUT2D eigenvalue weighted by atomic mass is 9.99. The van der Waals surface area contributed by atoms with E-state index in [4.69, 9.17) is 5.73 Å². The molecule has 0 radical (unpaired) electrons. The lowest BCUT2D eigenvalue weighted by Gasteiger charge is -2.17. The molecule has 2 aromatic carbocycles. The van der Waals surface area contributed by atoms with Crippen molar-refractivity contribution in [3.8, 4) is 0 Å². The lowest BCUT2D eigenvalue weighted by molar-refractivity contribution is -0.119. The first kappa shape index (κ1) is 14.3. The highest BCUT2D eigenvalue weighted by atomic mass is 19.1. The molecule has 3 rings (SSSR count). The number of fused-ring (bicyclic) bond motifs is 1. The number of hydrogen-bond acceptors (Lipinski definition) is 3. The molecule has 1 heterocycles. The molecule has 1 aliphatic rings. The van der Waals surface area contributed by atoms with E-state index in [-0.39, 0.29) is 11.7 Å². The van der Waals surface area contributed by atoms with Crippen molar-refractivity contribution in [2.24, 2.45) is 4.99 Å². The van der Waals surface area contributed by atoms with E-state index < -0.39 is 5.54 Å². The number of benzodiazepines with no additional fused rings is 1. The molecular formula is C17H16FN3O. The third-order valence-corrected chi connectivity index (χ3v) is 3.62. The number of nitrogens with zero attached hydrogens (tertiary/aromatic N) is 1. The number of rotatable bonds is 1. The molecule has 0 unspecified atom stereocenters. The van der Waals surface area contributed by atoms with E-state index in [9.17, 15) is 9.18 Å². The molecule has 0 fully saturated rings. The van der Waals surface area contributed by atoms with Gasteiger partial charge in [0, 0.05) is 16.8 Å². The summed E-state index contributed by atoms with van der Waals surface area (Å²) in [4.78, 5) is 16.8. The minimum absolute atomic E-state index is 0.245. The molecular weight excluding hydrogens is 281 g/mol. The van der Waals surface area contributed by atoms with Gasteiger partial charge < -0.3 is 11.1 Å². The predicted molar refractivity (Wildman–Crippen MR) is 85.6 cm³/mol. The van der Waals surface area contributed by atoms with Gasteiger partial charge >= 0.3 is 0 Å². The molecule has 0 saturated carbocycles. The average Bonchev–Trinajstić information content (AvgIpc) is 2.56. The number of amides is 1. The van der Waals surface area contributed by atoms with Crippen LogP contribution in [0.4, 0.5) is 15.8 Å². The number of carbonyl (C=O) groups excluding carboxylic acids is 1. The molecule has 5 heteroatoms. The van der Waals surface area contributed by atoms with Crippen LogP contribution in [0.1, 0.15) is 25.0 Å². The molecule has 3 N–H and O–H groups in total. The first-order valence-electron chi connectivity index (χ1n) is 6.94. The van der Waals surface area contributed by atoms with Gasteiger partial charge in [0.2, 0.25) is 0 Å². The van der Waals surface area contributed by atoms with Crippen molar-refractivity contribution < 1.29 is 9.18 Å². The second-order valence-corrected chi connectivity index (χ2v) is 5.76. The van der Waals surface area contributed by atoms with Gasteiger partial charge in [-0.15, -0.1) is 0 Å². The zero-order valence-electron chi connectivity index (χ0n) is 12.4. The summed E-state index contributed by atoms with van der Waals surface area (Å²) in [6.45, 7) is 3.39. The Morgan fingerprint density at radius 2 is 1.86 bits per heavy atom. The summed E-state index contributed by atoms with van der Waals surface area (Å²) in [6, 6.07) is 11.5. The fourth-order valence-electron chi connectivity index (χ4n) is 2.39. The van der Waals surface area contributed by atoms with Crippen LogP contribution in [0.25, 0.3) is 0 Å². The SMILES string of the molecule is CC1(C)N=C(c2ccccc2F)c2cc(N)ccc2NC1=O. The maximum atomic E-state index is 14.2. The van der Waals surface area contributed by atoms with E-state index in [0.29, 0.717) is 28.2 Å². The fourth-order valence-corrected chi connectivity index (χ4v) is 2.39. The van der Waals surface area contributed by atoms with Gasteiger partial charge in [-0.3, -0.25) is 9.79 Å². The molecule has 0 atom stereocenters. The highest BCUT2D eigenvalue weighted by Crippen LogP contribution is 2.30. The summed E-state index contributed by atoms with van der Waals surface area (Å²) in [6.07, 6.45) is 0. The number of anilines is 2. The summed E-state index contributed by atoms with van der Waals surface area (Å²) >= 11 is 0. The Hall–Kier alpha value is -2.69. The molecule has 22 heavy (non-hydrogen) atoms.